The van der Waals surface area contributed by atoms with E-state index >= 15 is 0 Å². The average Bonchev–Trinajstić information content (AvgIpc) is 2.34. The molecule has 0 aliphatic carbocycles. The number of benzene rings is 2. The Balaban J connectivity index is 2.16. The maximum atomic E-state index is 13.5. The molecule has 0 bridgehead atoms. The van der Waals surface area contributed by atoms with Crippen LogP contribution in [0.2, 0.25) is 5.02 Å². The third kappa shape index (κ3) is 3.24. The fourth-order valence-corrected chi connectivity index (χ4v) is 2.23. The first-order valence-corrected chi connectivity index (χ1v) is 6.67. The van der Waals surface area contributed by atoms with Gasteiger partial charge in [-0.1, -0.05) is 17.7 Å². The second-order valence-corrected chi connectivity index (χ2v) is 5.36. The minimum Gasteiger partial charge on any atom is -0.380 e. The van der Waals surface area contributed by atoms with Gasteiger partial charge in [0.15, 0.2) is 0 Å². The van der Waals surface area contributed by atoms with E-state index in [1.807, 2.05) is 25.1 Å². The summed E-state index contributed by atoms with van der Waals surface area (Å²) in [5, 5.41) is 3.73. The summed E-state index contributed by atoms with van der Waals surface area (Å²) < 4.78 is 14.5. The molecule has 0 atom stereocenters. The molecule has 94 valence electrons. The van der Waals surface area contributed by atoms with E-state index in [9.17, 15) is 4.39 Å². The lowest BCUT2D eigenvalue weighted by atomic mass is 10.2. The van der Waals surface area contributed by atoms with Crippen LogP contribution in [0.3, 0.4) is 0 Å². The van der Waals surface area contributed by atoms with E-state index in [4.69, 9.17) is 11.6 Å². The lowest BCUT2D eigenvalue weighted by molar-refractivity contribution is 0.613. The second-order valence-electron chi connectivity index (χ2n) is 4.07. The monoisotopic (exact) mass is 327 g/mol. The van der Waals surface area contributed by atoms with Crippen LogP contribution in [0.5, 0.6) is 0 Å². The SMILES string of the molecule is Cc1ccc(Br)c(NCc2cc(Cl)ccc2F)c1. The van der Waals surface area contributed by atoms with Gasteiger partial charge in [-0.3, -0.25) is 0 Å². The molecular formula is C14H12BrClFN. The third-order valence-corrected chi connectivity index (χ3v) is 3.53. The molecule has 1 nitrogen and oxygen atoms in total. The summed E-state index contributed by atoms with van der Waals surface area (Å²) in [5.74, 6) is -0.254. The van der Waals surface area contributed by atoms with Crippen molar-refractivity contribution in [2.75, 3.05) is 5.32 Å². The Labute approximate surface area is 119 Å². The highest BCUT2D eigenvalue weighted by Gasteiger charge is 2.04. The number of halogens is 3. The van der Waals surface area contributed by atoms with Gasteiger partial charge in [0.1, 0.15) is 5.82 Å². The highest BCUT2D eigenvalue weighted by molar-refractivity contribution is 9.10. The third-order valence-electron chi connectivity index (χ3n) is 2.60. The van der Waals surface area contributed by atoms with Gasteiger partial charge >= 0.3 is 0 Å². The van der Waals surface area contributed by atoms with E-state index in [1.165, 1.54) is 6.07 Å². The molecule has 0 aliphatic heterocycles. The number of hydrogen-bond donors (Lipinski definition) is 1. The Bertz CT molecular complexity index is 520. The Morgan fingerprint density at radius 2 is 2.00 bits per heavy atom. The Morgan fingerprint density at radius 3 is 2.78 bits per heavy atom. The van der Waals surface area contributed by atoms with Crippen molar-refractivity contribution in [3.8, 4) is 0 Å². The minimum absolute atomic E-state index is 0.254. The molecule has 0 radical (unpaired) electrons. The highest BCUT2D eigenvalue weighted by atomic mass is 79.9. The Kier molecular flexibility index (Phi) is 4.25. The quantitative estimate of drug-likeness (QED) is 0.820. The summed E-state index contributed by atoms with van der Waals surface area (Å²) in [6.07, 6.45) is 0. The molecule has 0 fully saturated rings. The summed E-state index contributed by atoms with van der Waals surface area (Å²) in [4.78, 5) is 0. The molecule has 0 amide bonds. The van der Waals surface area contributed by atoms with Crippen molar-refractivity contribution in [2.24, 2.45) is 0 Å². The van der Waals surface area contributed by atoms with Crippen LogP contribution in [0.1, 0.15) is 11.1 Å². The van der Waals surface area contributed by atoms with E-state index < -0.39 is 0 Å². The summed E-state index contributed by atoms with van der Waals surface area (Å²) in [7, 11) is 0. The number of nitrogens with one attached hydrogen (secondary N) is 1. The maximum absolute atomic E-state index is 13.5. The van der Waals surface area contributed by atoms with Crippen LogP contribution in [0, 0.1) is 12.7 Å². The highest BCUT2D eigenvalue weighted by Crippen LogP contribution is 2.24. The summed E-state index contributed by atoms with van der Waals surface area (Å²) >= 11 is 9.31. The van der Waals surface area contributed by atoms with Gasteiger partial charge in [0.05, 0.1) is 0 Å². The normalized spacial score (nSPS) is 10.4. The van der Waals surface area contributed by atoms with E-state index in [0.29, 0.717) is 17.1 Å². The standard InChI is InChI=1S/C14H12BrClFN/c1-9-2-4-12(15)14(6-9)18-8-10-7-11(16)3-5-13(10)17/h2-7,18H,8H2,1H3. The Hall–Kier alpha value is -1.06. The summed E-state index contributed by atoms with van der Waals surface area (Å²) in [6, 6.07) is 10.5. The van der Waals surface area contributed by atoms with Gasteiger partial charge < -0.3 is 5.32 Å². The van der Waals surface area contributed by atoms with E-state index in [-0.39, 0.29) is 5.82 Å². The van der Waals surface area contributed by atoms with Gasteiger partial charge in [-0.05, 0) is 58.7 Å². The lowest BCUT2D eigenvalue weighted by Crippen LogP contribution is -2.02. The van der Waals surface area contributed by atoms with E-state index in [1.54, 1.807) is 12.1 Å². The minimum atomic E-state index is -0.254. The van der Waals surface area contributed by atoms with Gasteiger partial charge in [0.25, 0.3) is 0 Å². The van der Waals surface area contributed by atoms with Crippen LogP contribution in [0.4, 0.5) is 10.1 Å². The molecule has 1 N–H and O–H groups in total. The molecule has 0 unspecified atom stereocenters. The molecular weight excluding hydrogens is 317 g/mol. The van der Waals surface area contributed by atoms with Crippen molar-refractivity contribution in [1.29, 1.82) is 0 Å². The summed E-state index contributed by atoms with van der Waals surface area (Å²) in [6.45, 7) is 2.41. The zero-order valence-electron chi connectivity index (χ0n) is 9.81. The zero-order chi connectivity index (χ0) is 13.1. The molecule has 0 heterocycles. The van der Waals surface area contributed by atoms with Crippen LogP contribution in [-0.2, 0) is 6.54 Å². The topological polar surface area (TPSA) is 12.0 Å². The fraction of sp³-hybridized carbons (Fsp3) is 0.143. The van der Waals surface area contributed by atoms with Crippen LogP contribution in [0.25, 0.3) is 0 Å². The van der Waals surface area contributed by atoms with Crippen molar-refractivity contribution in [3.63, 3.8) is 0 Å². The predicted octanol–water partition coefficient (Wildman–Crippen LogP) is 5.16. The zero-order valence-corrected chi connectivity index (χ0v) is 12.1. The van der Waals surface area contributed by atoms with Gasteiger partial charge in [0.2, 0.25) is 0 Å². The number of rotatable bonds is 3. The molecule has 4 heteroatoms. The molecule has 2 rings (SSSR count). The molecule has 0 saturated heterocycles. The molecule has 2 aromatic carbocycles. The molecule has 2 aromatic rings. The van der Waals surface area contributed by atoms with Crippen molar-refractivity contribution < 1.29 is 4.39 Å². The summed E-state index contributed by atoms with van der Waals surface area (Å²) in [5.41, 5.74) is 2.64. The number of hydrogen-bond acceptors (Lipinski definition) is 1. The van der Waals surface area contributed by atoms with Crippen LogP contribution in [0.15, 0.2) is 40.9 Å². The smallest absolute Gasteiger partial charge is 0.128 e. The predicted molar refractivity (Wildman–Crippen MR) is 77.6 cm³/mol. The second kappa shape index (κ2) is 5.72. The first kappa shape index (κ1) is 13.4. The number of aryl methyl sites for hydroxylation is 1. The van der Waals surface area contributed by atoms with Crippen LogP contribution in [-0.4, -0.2) is 0 Å². The van der Waals surface area contributed by atoms with E-state index in [0.717, 1.165) is 15.7 Å². The Morgan fingerprint density at radius 1 is 1.22 bits per heavy atom. The molecule has 0 spiro atoms. The van der Waals surface area contributed by atoms with Crippen molar-refractivity contribution in [2.45, 2.75) is 13.5 Å². The first-order valence-electron chi connectivity index (χ1n) is 5.50. The first-order chi connectivity index (χ1) is 8.56. The van der Waals surface area contributed by atoms with Gasteiger partial charge in [-0.25, -0.2) is 4.39 Å². The van der Waals surface area contributed by atoms with Crippen molar-refractivity contribution >= 4 is 33.2 Å². The maximum Gasteiger partial charge on any atom is 0.128 e. The van der Waals surface area contributed by atoms with Crippen LogP contribution >= 0.6 is 27.5 Å². The molecule has 0 aromatic heterocycles. The van der Waals surface area contributed by atoms with Gasteiger partial charge in [-0.2, -0.15) is 0 Å². The van der Waals surface area contributed by atoms with E-state index in [2.05, 4.69) is 21.2 Å². The van der Waals surface area contributed by atoms with Crippen LogP contribution < -0.4 is 5.32 Å². The molecule has 18 heavy (non-hydrogen) atoms. The van der Waals surface area contributed by atoms with Gasteiger partial charge in [-0.15, -0.1) is 0 Å². The van der Waals surface area contributed by atoms with Crippen molar-refractivity contribution in [1.82, 2.24) is 0 Å². The van der Waals surface area contributed by atoms with Crippen molar-refractivity contribution in [3.05, 3.63) is 62.8 Å². The molecule has 0 saturated carbocycles. The lowest BCUT2D eigenvalue weighted by Gasteiger charge is -2.10. The number of anilines is 1. The fourth-order valence-electron chi connectivity index (χ4n) is 1.64. The average molecular weight is 329 g/mol. The molecule has 0 aliphatic rings. The largest absolute Gasteiger partial charge is 0.380 e. The van der Waals surface area contributed by atoms with Gasteiger partial charge in [0, 0.05) is 27.3 Å².